The number of hydrogen-bond acceptors (Lipinski definition) is 3. The van der Waals surface area contributed by atoms with Crippen molar-refractivity contribution in [2.75, 3.05) is 0 Å². The first kappa shape index (κ1) is 8.93. The van der Waals surface area contributed by atoms with Gasteiger partial charge >= 0.3 is 0 Å². The zero-order valence-corrected chi connectivity index (χ0v) is 8.36. The van der Waals surface area contributed by atoms with Crippen LogP contribution in [0.1, 0.15) is 19.2 Å². The van der Waals surface area contributed by atoms with Crippen LogP contribution in [0.3, 0.4) is 0 Å². The van der Waals surface area contributed by atoms with Crippen molar-refractivity contribution in [3.05, 3.63) is 18.3 Å². The first-order valence-corrected chi connectivity index (χ1v) is 4.69. The largest absolute Gasteiger partial charge is 0.331 e. The van der Waals surface area contributed by atoms with Crippen molar-refractivity contribution in [3.8, 4) is 11.5 Å². The van der Waals surface area contributed by atoms with Gasteiger partial charge in [0, 0.05) is 13.5 Å². The molecule has 1 N–H and O–H groups in total. The van der Waals surface area contributed by atoms with Crippen LogP contribution in [0, 0.1) is 0 Å². The molecule has 0 unspecified atom stereocenters. The minimum Gasteiger partial charge on any atom is -0.331 e. The third kappa shape index (κ3) is 1.53. The van der Waals surface area contributed by atoms with E-state index in [1.807, 2.05) is 11.6 Å². The molecule has 0 amide bonds. The lowest BCUT2D eigenvalue weighted by Gasteiger charge is -1.93. The Morgan fingerprint density at radius 3 is 3.00 bits per heavy atom. The van der Waals surface area contributed by atoms with Gasteiger partial charge in [0.25, 0.3) is 0 Å². The Morgan fingerprint density at radius 2 is 2.36 bits per heavy atom. The Morgan fingerprint density at radius 1 is 1.50 bits per heavy atom. The van der Waals surface area contributed by atoms with Gasteiger partial charge in [0.15, 0.2) is 5.82 Å². The molecule has 0 aliphatic rings. The molecule has 2 aromatic heterocycles. The molecule has 0 atom stereocenters. The molecule has 5 heteroatoms. The molecule has 0 saturated carbocycles. The second-order valence-electron chi connectivity index (χ2n) is 3.25. The number of nitrogens with one attached hydrogen (secondary N) is 1. The molecule has 2 heterocycles. The van der Waals surface area contributed by atoms with Gasteiger partial charge in [-0.15, -0.1) is 0 Å². The van der Waals surface area contributed by atoms with Crippen LogP contribution in [0.15, 0.2) is 12.5 Å². The average Bonchev–Trinajstić information content (AvgIpc) is 2.74. The Kier molecular flexibility index (Phi) is 2.30. The van der Waals surface area contributed by atoms with Crippen LogP contribution in [0.4, 0.5) is 0 Å². The molecule has 5 nitrogen and oxygen atoms in total. The number of aromatic amines is 1. The number of nitrogens with zero attached hydrogens (tertiary/aromatic N) is 4. The summed E-state index contributed by atoms with van der Waals surface area (Å²) >= 11 is 0. The lowest BCUT2D eigenvalue weighted by Crippen LogP contribution is -1.91. The molecule has 74 valence electrons. The van der Waals surface area contributed by atoms with Gasteiger partial charge in [0.1, 0.15) is 11.5 Å². The topological polar surface area (TPSA) is 59.4 Å². The van der Waals surface area contributed by atoms with Crippen LogP contribution < -0.4 is 0 Å². The van der Waals surface area contributed by atoms with E-state index in [2.05, 4.69) is 27.1 Å². The van der Waals surface area contributed by atoms with Gasteiger partial charge in [-0.05, 0) is 6.42 Å². The van der Waals surface area contributed by atoms with E-state index in [1.165, 1.54) is 0 Å². The summed E-state index contributed by atoms with van der Waals surface area (Å²) in [5.41, 5.74) is 0.934. The fourth-order valence-electron chi connectivity index (χ4n) is 1.33. The summed E-state index contributed by atoms with van der Waals surface area (Å²) < 4.78 is 1.90. The van der Waals surface area contributed by atoms with E-state index in [0.717, 1.165) is 24.4 Å². The third-order valence-corrected chi connectivity index (χ3v) is 2.06. The van der Waals surface area contributed by atoms with Gasteiger partial charge in [-0.1, -0.05) is 6.92 Å². The molecule has 0 aliphatic carbocycles. The maximum atomic E-state index is 4.38. The van der Waals surface area contributed by atoms with E-state index in [-0.39, 0.29) is 0 Å². The summed E-state index contributed by atoms with van der Waals surface area (Å²) in [6, 6.07) is 0. The van der Waals surface area contributed by atoms with Crippen LogP contribution >= 0.6 is 0 Å². The van der Waals surface area contributed by atoms with E-state index < -0.39 is 0 Å². The second kappa shape index (κ2) is 3.61. The first-order valence-electron chi connectivity index (χ1n) is 4.69. The number of hydrogen-bond donors (Lipinski definition) is 1. The van der Waals surface area contributed by atoms with Crippen LogP contribution in [-0.2, 0) is 13.5 Å². The quantitative estimate of drug-likeness (QED) is 0.791. The summed E-state index contributed by atoms with van der Waals surface area (Å²) in [7, 11) is 1.93. The summed E-state index contributed by atoms with van der Waals surface area (Å²) in [4.78, 5) is 8.40. The maximum absolute atomic E-state index is 4.38. The number of aryl methyl sites for hydroxylation is 2. The summed E-state index contributed by atoms with van der Waals surface area (Å²) in [6.45, 7) is 2.12. The van der Waals surface area contributed by atoms with Gasteiger partial charge in [-0.25, -0.2) is 9.97 Å². The van der Waals surface area contributed by atoms with Crippen molar-refractivity contribution in [3.63, 3.8) is 0 Å². The zero-order valence-electron chi connectivity index (χ0n) is 8.36. The van der Waals surface area contributed by atoms with E-state index in [0.29, 0.717) is 5.82 Å². The van der Waals surface area contributed by atoms with Crippen LogP contribution in [-0.4, -0.2) is 24.7 Å². The highest BCUT2D eigenvalue weighted by atomic mass is 15.2. The van der Waals surface area contributed by atoms with E-state index in [9.17, 15) is 0 Å². The molecule has 0 aliphatic heterocycles. The van der Waals surface area contributed by atoms with Crippen molar-refractivity contribution >= 4 is 0 Å². The molecule has 0 radical (unpaired) electrons. The minimum absolute atomic E-state index is 0.716. The second-order valence-corrected chi connectivity index (χ2v) is 3.25. The van der Waals surface area contributed by atoms with E-state index in [4.69, 9.17) is 0 Å². The predicted molar refractivity (Wildman–Crippen MR) is 52.6 cm³/mol. The van der Waals surface area contributed by atoms with Crippen molar-refractivity contribution in [2.24, 2.45) is 7.05 Å². The standard InChI is InChI=1S/C9H13N5/c1-3-4-8-11-9(13-12-8)7-5-10-6-14(7)2/h5-6H,3-4H2,1-2H3,(H,11,12,13). The monoisotopic (exact) mass is 191 g/mol. The Hall–Kier alpha value is -1.65. The molecule has 0 saturated heterocycles. The van der Waals surface area contributed by atoms with E-state index in [1.54, 1.807) is 12.5 Å². The summed E-state index contributed by atoms with van der Waals surface area (Å²) in [5.74, 6) is 1.65. The minimum atomic E-state index is 0.716. The molecular weight excluding hydrogens is 178 g/mol. The third-order valence-electron chi connectivity index (χ3n) is 2.06. The van der Waals surface area contributed by atoms with Crippen LogP contribution in [0.5, 0.6) is 0 Å². The summed E-state index contributed by atoms with van der Waals surface area (Å²) in [5, 5.41) is 7.06. The van der Waals surface area contributed by atoms with Crippen molar-refractivity contribution in [1.82, 2.24) is 24.7 Å². The van der Waals surface area contributed by atoms with Crippen LogP contribution in [0.2, 0.25) is 0 Å². The van der Waals surface area contributed by atoms with Crippen molar-refractivity contribution < 1.29 is 0 Å². The average molecular weight is 191 g/mol. The van der Waals surface area contributed by atoms with Crippen LogP contribution in [0.25, 0.3) is 11.5 Å². The normalized spacial score (nSPS) is 10.7. The van der Waals surface area contributed by atoms with Gasteiger partial charge in [-0.2, -0.15) is 5.10 Å². The molecule has 0 bridgehead atoms. The number of aromatic nitrogens is 5. The molecule has 0 fully saturated rings. The zero-order chi connectivity index (χ0) is 9.97. The highest BCUT2D eigenvalue weighted by molar-refractivity contribution is 5.47. The SMILES string of the molecule is CCCc1nc(-c2cncn2C)n[nH]1. The Bertz CT molecular complexity index is 414. The molecule has 2 aromatic rings. The van der Waals surface area contributed by atoms with Gasteiger partial charge in [-0.3, -0.25) is 5.10 Å². The maximum Gasteiger partial charge on any atom is 0.199 e. The number of H-pyrrole nitrogens is 1. The smallest absolute Gasteiger partial charge is 0.199 e. The highest BCUT2D eigenvalue weighted by Crippen LogP contribution is 2.12. The number of rotatable bonds is 3. The lowest BCUT2D eigenvalue weighted by atomic mass is 10.3. The first-order chi connectivity index (χ1) is 6.81. The molecular formula is C9H13N5. The molecule has 2 rings (SSSR count). The lowest BCUT2D eigenvalue weighted by molar-refractivity contribution is 0.841. The van der Waals surface area contributed by atoms with E-state index >= 15 is 0 Å². The Labute approximate surface area is 82.2 Å². The van der Waals surface area contributed by atoms with Crippen molar-refractivity contribution in [2.45, 2.75) is 19.8 Å². The highest BCUT2D eigenvalue weighted by Gasteiger charge is 2.08. The van der Waals surface area contributed by atoms with Gasteiger partial charge < -0.3 is 4.57 Å². The number of imidazole rings is 1. The fraction of sp³-hybridized carbons (Fsp3) is 0.444. The molecule has 0 aromatic carbocycles. The molecule has 0 spiro atoms. The Balaban J connectivity index is 2.29. The predicted octanol–water partition coefficient (Wildman–Crippen LogP) is 1.16. The van der Waals surface area contributed by atoms with Crippen molar-refractivity contribution in [1.29, 1.82) is 0 Å². The van der Waals surface area contributed by atoms with Gasteiger partial charge in [0.2, 0.25) is 0 Å². The molecule has 14 heavy (non-hydrogen) atoms. The summed E-state index contributed by atoms with van der Waals surface area (Å²) in [6.07, 6.45) is 5.51. The fourth-order valence-corrected chi connectivity index (χ4v) is 1.33. The van der Waals surface area contributed by atoms with Gasteiger partial charge in [0.05, 0.1) is 12.5 Å².